The minimum atomic E-state index is -0.0973. The van der Waals surface area contributed by atoms with Crippen LogP contribution in [0.5, 0.6) is 0 Å². The van der Waals surface area contributed by atoms with Crippen molar-refractivity contribution in [2.24, 2.45) is 0 Å². The Labute approximate surface area is 115 Å². The van der Waals surface area contributed by atoms with E-state index in [1.54, 1.807) is 13.0 Å². The van der Waals surface area contributed by atoms with Crippen LogP contribution in [0.15, 0.2) is 12.7 Å². The summed E-state index contributed by atoms with van der Waals surface area (Å²) < 4.78 is 0. The summed E-state index contributed by atoms with van der Waals surface area (Å²) in [7, 11) is 0. The van der Waals surface area contributed by atoms with E-state index in [4.69, 9.17) is 5.11 Å². The van der Waals surface area contributed by atoms with Crippen molar-refractivity contribution >= 4 is 5.78 Å². The number of aliphatic hydroxyl groups excluding tert-OH is 1. The van der Waals surface area contributed by atoms with Crippen molar-refractivity contribution in [3.8, 4) is 0 Å². The number of rotatable bonds is 6. The Morgan fingerprint density at radius 2 is 1.67 bits per heavy atom. The Hall–Kier alpha value is -0.630. The molecule has 0 saturated heterocycles. The van der Waals surface area contributed by atoms with E-state index in [0.29, 0.717) is 5.78 Å². The molecule has 0 bridgehead atoms. The average Bonchev–Trinajstić information content (AvgIpc) is 2.25. The zero-order valence-corrected chi connectivity index (χ0v) is 12.5. The van der Waals surface area contributed by atoms with Crippen LogP contribution in [-0.4, -0.2) is 17.0 Å². The molecule has 0 spiro atoms. The van der Waals surface area contributed by atoms with Crippen molar-refractivity contribution in [1.29, 1.82) is 0 Å². The maximum Gasteiger partial charge on any atom is 0.129 e. The number of carbonyl (C=O) groups excluding carboxylic acids is 1. The third-order valence-corrected chi connectivity index (χ3v) is 1.86. The van der Waals surface area contributed by atoms with E-state index in [0.717, 1.165) is 32.1 Å². The molecule has 0 aromatic heterocycles. The second kappa shape index (κ2) is 25.3. The van der Waals surface area contributed by atoms with Gasteiger partial charge in [-0.1, -0.05) is 46.6 Å². The first-order valence-corrected chi connectivity index (χ1v) is 6.70. The minimum absolute atomic E-state index is 0. The number of carbonyl (C=O) groups is 1. The van der Waals surface area contributed by atoms with Crippen LogP contribution < -0.4 is 0 Å². The number of unbranched alkanes of at least 4 members (excludes halogenated alkanes) is 2. The summed E-state index contributed by atoms with van der Waals surface area (Å²) in [6, 6.07) is 0. The summed E-state index contributed by atoms with van der Waals surface area (Å²) in [4.78, 5) is 10.2. The summed E-state index contributed by atoms with van der Waals surface area (Å²) >= 11 is 0. The third kappa shape index (κ3) is 58.4. The van der Waals surface area contributed by atoms with Gasteiger partial charge < -0.3 is 9.90 Å². The number of Topliss-reactive ketones (excluding diaryl/α,β-unsaturated/α-hetero) is 1. The molecule has 18 heavy (non-hydrogen) atoms. The summed E-state index contributed by atoms with van der Waals surface area (Å²) in [5.74, 6) is 0.307. The number of ketones is 1. The lowest BCUT2D eigenvalue weighted by Crippen LogP contribution is -1.97. The summed E-state index contributed by atoms with van der Waals surface area (Å²) in [6.07, 6.45) is 7.88. The fourth-order valence-corrected chi connectivity index (χ4v) is 0.925. The molecule has 2 heteroatoms. The standard InChI is InChI=1S/C6H14O.C6H12O.C3H6.CH4/c2*1-3-4-5-6(2)7;1-3-2;/h6-7H,3-5H2,1-2H3;3-5H2,1-2H3;3H,1H2,2H3;1H4. The van der Waals surface area contributed by atoms with Crippen LogP contribution in [0.2, 0.25) is 0 Å². The predicted molar refractivity (Wildman–Crippen MR) is 84.0 cm³/mol. The maximum atomic E-state index is 10.2. The normalized spacial score (nSPS) is 9.67. The summed E-state index contributed by atoms with van der Waals surface area (Å²) in [6.45, 7) is 12.9. The molecule has 0 heterocycles. The van der Waals surface area contributed by atoms with Crippen LogP contribution in [0.25, 0.3) is 0 Å². The SMILES string of the molecule is C.C=CC.CCCCC(C)=O.CCCCC(C)O. The van der Waals surface area contributed by atoms with Crippen molar-refractivity contribution in [1.82, 2.24) is 0 Å². The highest BCUT2D eigenvalue weighted by molar-refractivity contribution is 5.75. The Morgan fingerprint density at radius 3 is 1.78 bits per heavy atom. The molecular weight excluding hydrogens is 224 g/mol. The molecule has 0 aromatic carbocycles. The Balaban J connectivity index is -0.0000000857. The largest absolute Gasteiger partial charge is 0.393 e. The molecule has 0 aliphatic heterocycles. The van der Waals surface area contributed by atoms with Crippen LogP contribution >= 0.6 is 0 Å². The van der Waals surface area contributed by atoms with E-state index in [1.807, 2.05) is 13.8 Å². The third-order valence-electron chi connectivity index (χ3n) is 1.86. The first kappa shape index (κ1) is 26.0. The van der Waals surface area contributed by atoms with Crippen LogP contribution in [0.1, 0.15) is 80.6 Å². The highest BCUT2D eigenvalue weighted by atomic mass is 16.3. The van der Waals surface area contributed by atoms with Gasteiger partial charge in [0.05, 0.1) is 6.10 Å². The van der Waals surface area contributed by atoms with Crippen LogP contribution in [0, 0.1) is 0 Å². The quantitative estimate of drug-likeness (QED) is 0.670. The van der Waals surface area contributed by atoms with Gasteiger partial charge in [0.25, 0.3) is 0 Å². The smallest absolute Gasteiger partial charge is 0.129 e. The molecule has 1 N–H and O–H groups in total. The molecule has 112 valence electrons. The van der Waals surface area contributed by atoms with Crippen LogP contribution in [0.3, 0.4) is 0 Å². The highest BCUT2D eigenvalue weighted by Crippen LogP contribution is 1.97. The average molecular weight is 260 g/mol. The lowest BCUT2D eigenvalue weighted by Gasteiger charge is -1.98. The summed E-state index contributed by atoms with van der Waals surface area (Å²) in [5.41, 5.74) is 0. The van der Waals surface area contributed by atoms with Gasteiger partial charge in [-0.25, -0.2) is 0 Å². The van der Waals surface area contributed by atoms with Gasteiger partial charge in [0.1, 0.15) is 5.78 Å². The lowest BCUT2D eigenvalue weighted by molar-refractivity contribution is -0.117. The molecule has 2 nitrogen and oxygen atoms in total. The number of aliphatic hydroxyl groups is 1. The number of hydrogen-bond acceptors (Lipinski definition) is 2. The molecule has 0 aromatic rings. The Bertz CT molecular complexity index is 151. The van der Waals surface area contributed by atoms with Crippen molar-refractivity contribution in [2.45, 2.75) is 86.7 Å². The zero-order chi connectivity index (χ0) is 14.1. The second-order valence-electron chi connectivity index (χ2n) is 4.21. The zero-order valence-electron chi connectivity index (χ0n) is 12.5. The fourth-order valence-electron chi connectivity index (χ4n) is 0.925. The van der Waals surface area contributed by atoms with Crippen molar-refractivity contribution < 1.29 is 9.90 Å². The van der Waals surface area contributed by atoms with Gasteiger partial charge in [0, 0.05) is 6.42 Å². The monoisotopic (exact) mass is 260 g/mol. The van der Waals surface area contributed by atoms with Gasteiger partial charge in [-0.3, -0.25) is 0 Å². The van der Waals surface area contributed by atoms with Crippen molar-refractivity contribution in [3.63, 3.8) is 0 Å². The van der Waals surface area contributed by atoms with E-state index < -0.39 is 0 Å². The van der Waals surface area contributed by atoms with Gasteiger partial charge in [0.15, 0.2) is 0 Å². The fraction of sp³-hybridized carbons (Fsp3) is 0.812. The van der Waals surface area contributed by atoms with Gasteiger partial charge in [-0.15, -0.1) is 6.58 Å². The van der Waals surface area contributed by atoms with Gasteiger partial charge in [0.2, 0.25) is 0 Å². The molecule has 0 radical (unpaired) electrons. The first-order chi connectivity index (χ1) is 7.95. The lowest BCUT2D eigenvalue weighted by atomic mass is 10.2. The molecule has 0 amide bonds. The number of allylic oxidation sites excluding steroid dienone is 1. The van der Waals surface area contributed by atoms with Crippen LogP contribution in [-0.2, 0) is 4.79 Å². The topological polar surface area (TPSA) is 37.3 Å². The van der Waals surface area contributed by atoms with Crippen molar-refractivity contribution in [2.75, 3.05) is 0 Å². The van der Waals surface area contributed by atoms with E-state index >= 15 is 0 Å². The maximum absolute atomic E-state index is 10.2. The van der Waals surface area contributed by atoms with Crippen molar-refractivity contribution in [3.05, 3.63) is 12.7 Å². The number of hydrogen-bond donors (Lipinski definition) is 1. The van der Waals surface area contributed by atoms with Gasteiger partial charge in [-0.05, 0) is 33.6 Å². The van der Waals surface area contributed by atoms with E-state index in [2.05, 4.69) is 20.4 Å². The van der Waals surface area contributed by atoms with E-state index in [1.165, 1.54) is 6.42 Å². The van der Waals surface area contributed by atoms with E-state index in [-0.39, 0.29) is 13.5 Å². The molecular formula is C16H36O2. The first-order valence-electron chi connectivity index (χ1n) is 6.70. The molecule has 0 rings (SSSR count). The summed E-state index contributed by atoms with van der Waals surface area (Å²) in [5, 5.41) is 8.68. The molecule has 1 unspecified atom stereocenters. The van der Waals surface area contributed by atoms with E-state index in [9.17, 15) is 4.79 Å². The second-order valence-corrected chi connectivity index (χ2v) is 4.21. The molecule has 0 aliphatic carbocycles. The molecule has 1 atom stereocenters. The van der Waals surface area contributed by atoms with Crippen LogP contribution in [0.4, 0.5) is 0 Å². The predicted octanol–water partition coefficient (Wildman–Crippen LogP) is 5.15. The molecule has 0 fully saturated rings. The molecule has 0 saturated carbocycles. The Morgan fingerprint density at radius 1 is 1.28 bits per heavy atom. The van der Waals surface area contributed by atoms with Gasteiger partial charge in [-0.2, -0.15) is 0 Å². The highest BCUT2D eigenvalue weighted by Gasteiger charge is 1.90. The Kier molecular flexibility index (Phi) is 36.6. The minimum Gasteiger partial charge on any atom is -0.393 e. The van der Waals surface area contributed by atoms with Gasteiger partial charge >= 0.3 is 0 Å². The molecule has 0 aliphatic rings.